The topological polar surface area (TPSA) is 36.0 Å². The van der Waals surface area contributed by atoms with Crippen LogP contribution in [0.3, 0.4) is 0 Å². The van der Waals surface area contributed by atoms with Crippen LogP contribution in [0.4, 0.5) is 5.69 Å². The van der Waals surface area contributed by atoms with E-state index in [1.165, 1.54) is 23.3 Å². The van der Waals surface area contributed by atoms with Crippen LogP contribution in [0, 0.1) is 5.92 Å². The van der Waals surface area contributed by atoms with Crippen LogP contribution in [0.2, 0.25) is 0 Å². The maximum atomic E-state index is 13.1. The highest BCUT2D eigenvalue weighted by Crippen LogP contribution is 2.48. The largest absolute Gasteiger partial charge is 0.495 e. The lowest BCUT2D eigenvalue weighted by molar-refractivity contribution is -0.133. The Hall–Kier alpha value is -2.05. The van der Waals surface area contributed by atoms with E-state index in [4.69, 9.17) is 4.74 Å². The fraction of sp³-hybridized carbons (Fsp3) is 0.522. The lowest BCUT2D eigenvalue weighted by Gasteiger charge is -2.40. The Morgan fingerprint density at radius 3 is 2.66 bits per heavy atom. The lowest BCUT2D eigenvalue weighted by atomic mass is 9.96. The van der Waals surface area contributed by atoms with E-state index in [9.17, 15) is 4.79 Å². The molecule has 29 heavy (non-hydrogen) atoms. The first-order valence-corrected chi connectivity index (χ1v) is 11.6. The van der Waals surface area contributed by atoms with Crippen molar-refractivity contribution in [1.82, 2.24) is 9.80 Å². The standard InChI is InChI=1S/C23H29N3O2S/c1-28-20-5-3-2-4-19(20)24-11-13-25(14-12-24)22(27)16-26-10-8-21-18(9-15-29-21)23(26)17-6-7-17/h2-5,9,15,17,23H,6-8,10-14,16H2,1H3/t23-/m0/s1. The molecule has 0 bridgehead atoms. The van der Waals surface area contributed by atoms with E-state index >= 15 is 0 Å². The molecule has 3 heterocycles. The smallest absolute Gasteiger partial charge is 0.236 e. The number of carbonyl (C=O) groups excluding carboxylic acids is 1. The zero-order valence-corrected chi connectivity index (χ0v) is 17.9. The van der Waals surface area contributed by atoms with E-state index in [0.717, 1.165) is 56.5 Å². The van der Waals surface area contributed by atoms with Gasteiger partial charge in [0.1, 0.15) is 5.75 Å². The molecule has 6 heteroatoms. The van der Waals surface area contributed by atoms with Gasteiger partial charge in [0.05, 0.1) is 19.3 Å². The SMILES string of the molecule is COc1ccccc1N1CCN(C(=O)CN2CCc3sccc3[C@@H]2C2CC2)CC1. The fourth-order valence-electron chi connectivity index (χ4n) is 4.90. The predicted molar refractivity (Wildman–Crippen MR) is 117 cm³/mol. The quantitative estimate of drug-likeness (QED) is 0.755. The number of nitrogens with zero attached hydrogens (tertiary/aromatic N) is 3. The number of piperazine rings is 1. The highest BCUT2D eigenvalue weighted by molar-refractivity contribution is 7.10. The van der Waals surface area contributed by atoms with Crippen LogP contribution in [0.25, 0.3) is 0 Å². The van der Waals surface area contributed by atoms with Gasteiger partial charge in [-0.2, -0.15) is 0 Å². The summed E-state index contributed by atoms with van der Waals surface area (Å²) in [6.45, 7) is 4.84. The molecule has 1 atom stereocenters. The van der Waals surface area contributed by atoms with E-state index in [2.05, 4.69) is 32.2 Å². The predicted octanol–water partition coefficient (Wildman–Crippen LogP) is 3.41. The summed E-state index contributed by atoms with van der Waals surface area (Å²) < 4.78 is 5.51. The number of para-hydroxylation sites is 2. The zero-order chi connectivity index (χ0) is 19.8. The lowest BCUT2D eigenvalue weighted by Crippen LogP contribution is -2.52. The second kappa shape index (κ2) is 8.00. The molecule has 1 aromatic carbocycles. The van der Waals surface area contributed by atoms with Crippen molar-refractivity contribution in [3.05, 3.63) is 46.2 Å². The van der Waals surface area contributed by atoms with Crippen LogP contribution >= 0.6 is 11.3 Å². The maximum absolute atomic E-state index is 13.1. The third-order valence-electron chi connectivity index (χ3n) is 6.58. The van der Waals surface area contributed by atoms with E-state index in [-0.39, 0.29) is 5.91 Å². The molecule has 5 nitrogen and oxygen atoms in total. The molecule has 2 aromatic rings. The number of amides is 1. The average Bonchev–Trinajstić information content (AvgIpc) is 3.49. The summed E-state index contributed by atoms with van der Waals surface area (Å²) in [5.41, 5.74) is 2.62. The van der Waals surface area contributed by atoms with Gasteiger partial charge in [0, 0.05) is 43.6 Å². The summed E-state index contributed by atoms with van der Waals surface area (Å²) in [4.78, 5) is 21.5. The molecular weight excluding hydrogens is 382 g/mol. The van der Waals surface area contributed by atoms with Crippen molar-refractivity contribution in [3.8, 4) is 5.75 Å². The van der Waals surface area contributed by atoms with Crippen molar-refractivity contribution in [1.29, 1.82) is 0 Å². The van der Waals surface area contributed by atoms with Gasteiger partial charge in [-0.25, -0.2) is 0 Å². The first-order chi connectivity index (χ1) is 14.2. The van der Waals surface area contributed by atoms with Gasteiger partial charge in [-0.15, -0.1) is 11.3 Å². The average molecular weight is 412 g/mol. The summed E-state index contributed by atoms with van der Waals surface area (Å²) in [5.74, 6) is 1.94. The number of hydrogen-bond donors (Lipinski definition) is 0. The van der Waals surface area contributed by atoms with Gasteiger partial charge in [0.25, 0.3) is 0 Å². The van der Waals surface area contributed by atoms with Crippen molar-refractivity contribution >= 4 is 22.9 Å². The second-order valence-corrected chi connectivity index (χ2v) is 9.34. The van der Waals surface area contributed by atoms with Crippen LogP contribution in [0.1, 0.15) is 29.3 Å². The monoisotopic (exact) mass is 411 g/mol. The van der Waals surface area contributed by atoms with E-state index in [1.54, 1.807) is 7.11 Å². The molecule has 1 saturated carbocycles. The number of anilines is 1. The number of fused-ring (bicyclic) bond motifs is 1. The molecule has 0 spiro atoms. The highest BCUT2D eigenvalue weighted by atomic mass is 32.1. The molecule has 0 unspecified atom stereocenters. The summed E-state index contributed by atoms with van der Waals surface area (Å²) in [6, 6.07) is 10.9. The molecule has 1 saturated heterocycles. The molecule has 1 aliphatic carbocycles. The summed E-state index contributed by atoms with van der Waals surface area (Å²) >= 11 is 1.89. The van der Waals surface area contributed by atoms with Gasteiger partial charge >= 0.3 is 0 Å². The van der Waals surface area contributed by atoms with Crippen LogP contribution in [-0.4, -0.2) is 62.1 Å². The van der Waals surface area contributed by atoms with Crippen LogP contribution in [0.15, 0.2) is 35.7 Å². The minimum atomic E-state index is 0.286. The number of rotatable bonds is 5. The van der Waals surface area contributed by atoms with Gasteiger partial charge < -0.3 is 14.5 Å². The number of ether oxygens (including phenoxy) is 1. The second-order valence-electron chi connectivity index (χ2n) is 8.34. The molecule has 5 rings (SSSR count). The zero-order valence-electron chi connectivity index (χ0n) is 17.0. The van der Waals surface area contributed by atoms with E-state index in [1.807, 2.05) is 29.5 Å². The van der Waals surface area contributed by atoms with E-state index < -0.39 is 0 Å². The molecule has 1 amide bonds. The van der Waals surface area contributed by atoms with E-state index in [0.29, 0.717) is 12.6 Å². The number of carbonyl (C=O) groups is 1. The molecule has 1 aromatic heterocycles. The van der Waals surface area contributed by atoms with Gasteiger partial charge in [0.2, 0.25) is 5.91 Å². The van der Waals surface area contributed by atoms with Crippen molar-refractivity contribution in [2.75, 3.05) is 51.3 Å². The Morgan fingerprint density at radius 1 is 1.10 bits per heavy atom. The number of hydrogen-bond acceptors (Lipinski definition) is 5. The Balaban J connectivity index is 1.21. The minimum Gasteiger partial charge on any atom is -0.495 e. The Kier molecular flexibility index (Phi) is 5.22. The normalized spacial score (nSPS) is 22.4. The maximum Gasteiger partial charge on any atom is 0.236 e. The summed E-state index contributed by atoms with van der Waals surface area (Å²) in [7, 11) is 1.71. The number of methoxy groups -OCH3 is 1. The minimum absolute atomic E-state index is 0.286. The van der Waals surface area contributed by atoms with Gasteiger partial charge in [-0.05, 0) is 54.3 Å². The molecule has 0 radical (unpaired) electrons. The van der Waals surface area contributed by atoms with Crippen molar-refractivity contribution in [2.45, 2.75) is 25.3 Å². The van der Waals surface area contributed by atoms with Crippen LogP contribution in [-0.2, 0) is 11.2 Å². The molecule has 0 N–H and O–H groups in total. The highest BCUT2D eigenvalue weighted by Gasteiger charge is 2.40. The molecule has 154 valence electrons. The first kappa shape index (κ1) is 18.9. The van der Waals surface area contributed by atoms with Crippen molar-refractivity contribution in [2.24, 2.45) is 5.92 Å². The Labute approximate surface area is 176 Å². The number of thiophene rings is 1. The molecule has 2 fully saturated rings. The summed E-state index contributed by atoms with van der Waals surface area (Å²) in [5, 5.41) is 2.22. The third kappa shape index (κ3) is 3.76. The van der Waals surface area contributed by atoms with Gasteiger partial charge in [0.15, 0.2) is 0 Å². The van der Waals surface area contributed by atoms with Crippen LogP contribution in [0.5, 0.6) is 5.75 Å². The van der Waals surface area contributed by atoms with Crippen molar-refractivity contribution in [3.63, 3.8) is 0 Å². The van der Waals surface area contributed by atoms with Gasteiger partial charge in [-0.1, -0.05) is 12.1 Å². The van der Waals surface area contributed by atoms with Crippen LogP contribution < -0.4 is 9.64 Å². The Morgan fingerprint density at radius 2 is 1.90 bits per heavy atom. The van der Waals surface area contributed by atoms with Crippen molar-refractivity contribution < 1.29 is 9.53 Å². The molecule has 2 aliphatic heterocycles. The number of benzene rings is 1. The Bertz CT molecular complexity index is 871. The first-order valence-electron chi connectivity index (χ1n) is 10.7. The molecular formula is C23H29N3O2S. The molecule has 3 aliphatic rings. The summed E-state index contributed by atoms with van der Waals surface area (Å²) in [6.07, 6.45) is 3.70. The van der Waals surface area contributed by atoms with Gasteiger partial charge in [-0.3, -0.25) is 9.69 Å². The fourth-order valence-corrected chi connectivity index (χ4v) is 5.81. The third-order valence-corrected chi connectivity index (χ3v) is 7.58.